The summed E-state index contributed by atoms with van der Waals surface area (Å²) in [6, 6.07) is 2.72. The molecule has 2 unspecified atom stereocenters. The van der Waals surface area contributed by atoms with Crippen LogP contribution in [0.5, 0.6) is 0 Å². The molecule has 1 aliphatic heterocycles. The molecular formula is C71H121N6O22P. The third-order valence-corrected chi connectivity index (χ3v) is 17.7. The highest BCUT2D eigenvalue weighted by Gasteiger charge is 2.46. The van der Waals surface area contributed by atoms with E-state index in [1.165, 1.54) is 104 Å². The minimum Gasteiger partial charge on any atom is -0.462 e. The quantitative estimate of drug-likeness (QED) is 0.00794. The van der Waals surface area contributed by atoms with Crippen molar-refractivity contribution in [1.82, 2.24) is 26.6 Å². The Bertz CT molecular complexity index is 2550. The van der Waals surface area contributed by atoms with E-state index in [9.17, 15) is 73.0 Å². The number of hydrogen-bond donors (Lipinski definition) is 11. The first-order valence-electron chi connectivity index (χ1n) is 36.5. The molecule has 28 nitrogen and oxygen atoms in total. The first kappa shape index (κ1) is 90.3. The van der Waals surface area contributed by atoms with Crippen LogP contribution in [0.25, 0.3) is 0 Å². The predicted octanol–water partition coefficient (Wildman–Crippen LogP) is 6.84. The van der Waals surface area contributed by atoms with Crippen LogP contribution in [0, 0.1) is 0 Å². The van der Waals surface area contributed by atoms with Crippen molar-refractivity contribution in [3.05, 3.63) is 48.0 Å². The molecule has 2 rings (SSSR count). The number of allylic oxidation sites excluding steroid dienone is 2. The van der Waals surface area contributed by atoms with Crippen molar-refractivity contribution in [3.63, 3.8) is 0 Å². The first-order chi connectivity index (χ1) is 48.0. The van der Waals surface area contributed by atoms with Gasteiger partial charge < -0.3 is 81.3 Å². The number of hydrogen-bond acceptors (Lipinski definition) is 22. The van der Waals surface area contributed by atoms with Crippen molar-refractivity contribution in [3.8, 4) is 0 Å². The molecule has 0 aliphatic carbocycles. The van der Waals surface area contributed by atoms with Gasteiger partial charge >= 0.3 is 31.7 Å². The Morgan fingerprint density at radius 1 is 0.650 bits per heavy atom. The monoisotopic (exact) mass is 1440 g/mol. The number of esters is 4. The molecule has 1 aromatic carbocycles. The van der Waals surface area contributed by atoms with E-state index in [0.29, 0.717) is 18.4 Å². The minimum absolute atomic E-state index is 0.0860. The molecule has 1 heterocycles. The van der Waals surface area contributed by atoms with Gasteiger partial charge in [-0.1, -0.05) is 185 Å². The number of carbonyl (C=O) groups is 9. The van der Waals surface area contributed by atoms with Gasteiger partial charge in [0, 0.05) is 58.5 Å². The molecule has 5 amide bonds. The molecule has 1 fully saturated rings. The van der Waals surface area contributed by atoms with Gasteiger partial charge in [-0.15, -0.1) is 0 Å². The number of carbonyl (C=O) groups excluding carboxylic acids is 9. The van der Waals surface area contributed by atoms with Crippen molar-refractivity contribution in [2.24, 2.45) is 5.73 Å². The van der Waals surface area contributed by atoms with Gasteiger partial charge in [-0.05, 0) is 57.4 Å². The average Bonchev–Trinajstić information content (AvgIpc) is 0.802. The smallest absolute Gasteiger partial charge is 0.462 e. The largest absolute Gasteiger partial charge is 0.472 e. The van der Waals surface area contributed by atoms with Gasteiger partial charge in [0.15, 0.2) is 12.4 Å². The molecule has 12 N–H and O–H groups in total. The van der Waals surface area contributed by atoms with E-state index in [4.69, 9.17) is 38.5 Å². The molecular weight excluding hydrogens is 1320 g/mol. The van der Waals surface area contributed by atoms with Gasteiger partial charge in [0.1, 0.15) is 49.1 Å². The van der Waals surface area contributed by atoms with Crippen LogP contribution >= 0.6 is 7.82 Å². The van der Waals surface area contributed by atoms with E-state index < -0.39 is 181 Å². The third kappa shape index (κ3) is 43.9. The van der Waals surface area contributed by atoms with Crippen molar-refractivity contribution >= 4 is 61.2 Å². The molecule has 0 radical (unpaired) electrons. The summed E-state index contributed by atoms with van der Waals surface area (Å²) in [6.07, 6.45) is 23.9. The summed E-state index contributed by atoms with van der Waals surface area (Å²) in [5.74, 6) is -7.54. The maximum absolute atomic E-state index is 13.5. The Morgan fingerprint density at radius 2 is 1.20 bits per heavy atom. The minimum atomic E-state index is -4.83. The van der Waals surface area contributed by atoms with E-state index in [1.807, 2.05) is 0 Å². The number of primary amides is 1. The van der Waals surface area contributed by atoms with E-state index in [1.54, 1.807) is 30.3 Å². The number of nitrogens with two attached hydrogens (primary N) is 1. The number of ether oxygens (including phenoxy) is 5. The molecule has 29 heteroatoms. The van der Waals surface area contributed by atoms with Crippen LogP contribution in [-0.4, -0.2) is 186 Å². The summed E-state index contributed by atoms with van der Waals surface area (Å²) in [4.78, 5) is 126. The fourth-order valence-corrected chi connectivity index (χ4v) is 11.7. The van der Waals surface area contributed by atoms with Crippen LogP contribution in [0.1, 0.15) is 239 Å². The molecule has 0 bridgehead atoms. The highest BCUT2D eigenvalue weighted by molar-refractivity contribution is 7.47. The van der Waals surface area contributed by atoms with Crippen LogP contribution in [-0.2, 0) is 86.9 Å². The van der Waals surface area contributed by atoms with E-state index in [2.05, 4.69) is 52.6 Å². The molecule has 0 aromatic heterocycles. The van der Waals surface area contributed by atoms with Gasteiger partial charge in [-0.2, -0.15) is 0 Å². The van der Waals surface area contributed by atoms with Gasteiger partial charge in [0.05, 0.1) is 32.5 Å². The molecule has 1 aromatic rings. The fraction of sp³-hybridized carbons (Fsp3) is 0.761. The summed E-state index contributed by atoms with van der Waals surface area (Å²) in [7, 11) is -4.83. The Kier molecular flexibility index (Phi) is 50.4. The summed E-state index contributed by atoms with van der Waals surface area (Å²) >= 11 is 0. The third-order valence-electron chi connectivity index (χ3n) is 16.7. The number of unbranched alkanes of at least 4 members (excludes halogenated alkanes) is 23. The van der Waals surface area contributed by atoms with Crippen LogP contribution in [0.15, 0.2) is 42.5 Å². The maximum Gasteiger partial charge on any atom is 0.472 e. The zero-order chi connectivity index (χ0) is 73.8. The number of benzene rings is 1. The number of nitrogens with one attached hydrogen (secondary N) is 5. The molecule has 0 spiro atoms. The molecule has 572 valence electrons. The molecule has 1 aliphatic rings. The van der Waals surface area contributed by atoms with Crippen LogP contribution in [0.2, 0.25) is 0 Å². The van der Waals surface area contributed by atoms with Crippen LogP contribution in [0.4, 0.5) is 0 Å². The zero-order valence-corrected chi connectivity index (χ0v) is 60.7. The van der Waals surface area contributed by atoms with Gasteiger partial charge in [-0.25, -0.2) is 9.36 Å². The Morgan fingerprint density at radius 3 is 1.75 bits per heavy atom. The number of rotatable bonds is 60. The molecule has 0 saturated carbocycles. The maximum atomic E-state index is 13.5. The van der Waals surface area contributed by atoms with Crippen molar-refractivity contribution in [2.45, 2.75) is 301 Å². The summed E-state index contributed by atoms with van der Waals surface area (Å²) in [5.41, 5.74) is 6.08. The Labute approximate surface area is 591 Å². The lowest BCUT2D eigenvalue weighted by molar-refractivity contribution is -0.267. The number of aliphatic hydroxyl groups is 4. The lowest BCUT2D eigenvalue weighted by Crippen LogP contribution is -2.65. The summed E-state index contributed by atoms with van der Waals surface area (Å²) < 4.78 is 50.4. The van der Waals surface area contributed by atoms with E-state index in [0.717, 1.165) is 64.2 Å². The molecule has 11 atom stereocenters. The highest BCUT2D eigenvalue weighted by Crippen LogP contribution is 2.43. The molecule has 1 saturated heterocycles. The van der Waals surface area contributed by atoms with Gasteiger partial charge in [0.25, 0.3) is 0 Å². The number of amides is 5. The summed E-state index contributed by atoms with van der Waals surface area (Å²) in [6.45, 7) is 3.51. The lowest BCUT2D eigenvalue weighted by Gasteiger charge is -2.43. The SMILES string of the molecule is CCCCCCCCC=CCCCCCCCC(=O)O[C@H](COC(=O)CCCCCCCCCCCCCCC)COP(=O)(O)OCCNC(=O)CCC(=O)N[C@@H](Cc1ccccc1)C(=O)OC(=O)CC[C@@H](NC(=O)[C@H](CO)NCC(C)O[C@H]1[C@H](O)[C@@H](CO)O[C@H](O)[C@@H]1NC(C)=O)C(N)=O. The topological polar surface area (TPSA) is 423 Å². The second kappa shape index (κ2) is 55.8. The first-order valence-corrected chi connectivity index (χ1v) is 38.0. The van der Waals surface area contributed by atoms with Crippen molar-refractivity contribution in [2.75, 3.05) is 46.1 Å². The second-order valence-electron chi connectivity index (χ2n) is 25.7. The van der Waals surface area contributed by atoms with E-state index in [-0.39, 0.29) is 32.4 Å². The van der Waals surface area contributed by atoms with Crippen LogP contribution in [0.3, 0.4) is 0 Å². The van der Waals surface area contributed by atoms with Gasteiger partial charge in [0.2, 0.25) is 29.5 Å². The summed E-state index contributed by atoms with van der Waals surface area (Å²) in [5, 5.41) is 53.3. The van der Waals surface area contributed by atoms with Crippen LogP contribution < -0.4 is 32.3 Å². The Hall–Kier alpha value is -5.78. The number of aliphatic hydroxyl groups excluding tert-OH is 4. The number of phosphoric acid groups is 1. The van der Waals surface area contributed by atoms with E-state index >= 15 is 0 Å². The van der Waals surface area contributed by atoms with Crippen molar-refractivity contribution < 1.29 is 106 Å². The normalized spacial score (nSPS) is 18.1. The fourth-order valence-electron chi connectivity index (χ4n) is 11.0. The average molecular weight is 1440 g/mol. The lowest BCUT2D eigenvalue weighted by atomic mass is 9.96. The number of phosphoric ester groups is 1. The molecule has 100 heavy (non-hydrogen) atoms. The standard InChI is InChI=1S/C71H121N6O22P/c1-5-7-9-11-13-15-17-19-20-22-24-26-28-30-35-39-63(84)97-55(50-93-62(83)38-34-29-27-25-23-21-18-16-14-12-10-8-6-2)51-95-100(91,92)94-45-44-73-60(81)41-42-61(82)76-57(46-54-36-32-31-33-37-54)70(89)99-64(85)43-40-56(68(72)87)77-69(88)58(48-78)74-47-52(3)96-67-65(75-53(4)80)71(90)98-59(49-79)66(67)86/h19-20,31-33,36-37,52,55-59,65-67,71,74,78-79,86,90H,5-18,21-30,34-35,38-51H2,1-4H3,(H2,72,87)(H,73,81)(H,75,80)(H,76,82)(H,77,88)(H,91,92)/t52?,55-,56-,57+,58+,59-,65-,66-,67-,71+/m1/s1. The Balaban J connectivity index is 1.89. The van der Waals surface area contributed by atoms with Gasteiger partial charge in [-0.3, -0.25) is 47.4 Å². The second-order valence-corrected chi connectivity index (χ2v) is 27.1. The predicted molar refractivity (Wildman–Crippen MR) is 373 cm³/mol. The zero-order valence-electron chi connectivity index (χ0n) is 59.8. The van der Waals surface area contributed by atoms with Crippen molar-refractivity contribution in [1.29, 1.82) is 0 Å². The highest BCUT2D eigenvalue weighted by atomic mass is 31.2.